The maximum Gasteiger partial charge on any atom is 0.449 e. The first kappa shape index (κ1) is 16.0. The fourth-order valence-corrected chi connectivity index (χ4v) is 2.21. The maximum atomic E-state index is 13.3. The van der Waals surface area contributed by atoms with E-state index in [0.717, 1.165) is 0 Å². The maximum absolute atomic E-state index is 13.3. The SMILES string of the molecule is Cc1ccc(F)cc1NC(=O)c1ccc2nc(C(F)(F)F)[nH]c2c1. The molecule has 4 nitrogen and oxygen atoms in total. The number of hydrogen-bond donors (Lipinski definition) is 2. The molecule has 0 radical (unpaired) electrons. The fraction of sp³-hybridized carbons (Fsp3) is 0.125. The van der Waals surface area contributed by atoms with Gasteiger partial charge in [-0.3, -0.25) is 4.79 Å². The molecular weight excluding hydrogens is 326 g/mol. The summed E-state index contributed by atoms with van der Waals surface area (Å²) in [5.41, 5.74) is 1.27. The lowest BCUT2D eigenvalue weighted by atomic mass is 10.1. The van der Waals surface area contributed by atoms with E-state index in [2.05, 4.69) is 15.3 Å². The summed E-state index contributed by atoms with van der Waals surface area (Å²) >= 11 is 0. The predicted molar refractivity (Wildman–Crippen MR) is 80.2 cm³/mol. The summed E-state index contributed by atoms with van der Waals surface area (Å²) < 4.78 is 51.2. The van der Waals surface area contributed by atoms with Gasteiger partial charge in [0.05, 0.1) is 11.0 Å². The smallest absolute Gasteiger partial charge is 0.334 e. The molecule has 0 saturated heterocycles. The van der Waals surface area contributed by atoms with Gasteiger partial charge in [-0.25, -0.2) is 9.37 Å². The molecule has 0 fully saturated rings. The summed E-state index contributed by atoms with van der Waals surface area (Å²) in [6.45, 7) is 1.70. The first-order valence-electron chi connectivity index (χ1n) is 6.88. The molecule has 0 aliphatic carbocycles. The second kappa shape index (κ2) is 5.63. The molecule has 0 saturated carbocycles. The van der Waals surface area contributed by atoms with Crippen LogP contribution in [0.1, 0.15) is 21.7 Å². The first-order valence-corrected chi connectivity index (χ1v) is 6.88. The zero-order chi connectivity index (χ0) is 17.5. The van der Waals surface area contributed by atoms with Crippen molar-refractivity contribution in [3.05, 3.63) is 59.2 Å². The molecular formula is C16H11F4N3O. The van der Waals surface area contributed by atoms with E-state index < -0.39 is 23.7 Å². The standard InChI is InChI=1S/C16H11F4N3O/c1-8-2-4-10(17)7-12(8)21-14(24)9-3-5-11-13(6-9)23-15(22-11)16(18,19)20/h2-7H,1H3,(H,21,24)(H,22,23). The van der Waals surface area contributed by atoms with Crippen molar-refractivity contribution in [3.8, 4) is 0 Å². The number of aryl methyl sites for hydroxylation is 1. The van der Waals surface area contributed by atoms with Crippen molar-refractivity contribution >= 4 is 22.6 Å². The van der Waals surface area contributed by atoms with Gasteiger partial charge in [0, 0.05) is 11.3 Å². The Hall–Kier alpha value is -2.90. The quantitative estimate of drug-likeness (QED) is 0.686. The molecule has 1 aromatic heterocycles. The van der Waals surface area contributed by atoms with Gasteiger partial charge in [0.25, 0.3) is 5.91 Å². The number of rotatable bonds is 2. The molecule has 0 spiro atoms. The van der Waals surface area contributed by atoms with Gasteiger partial charge in [0.2, 0.25) is 5.82 Å². The van der Waals surface area contributed by atoms with Crippen LogP contribution in [-0.2, 0) is 6.18 Å². The van der Waals surface area contributed by atoms with E-state index in [1.807, 2.05) is 0 Å². The third-order valence-electron chi connectivity index (χ3n) is 3.46. The molecule has 3 aromatic rings. The molecule has 2 N–H and O–H groups in total. The van der Waals surface area contributed by atoms with Crippen LogP contribution in [0.3, 0.4) is 0 Å². The molecule has 1 heterocycles. The topological polar surface area (TPSA) is 57.8 Å². The molecule has 0 bridgehead atoms. The van der Waals surface area contributed by atoms with E-state index in [1.165, 1.54) is 36.4 Å². The Bertz CT molecular complexity index is 931. The summed E-state index contributed by atoms with van der Waals surface area (Å²) in [5, 5.41) is 2.53. The Kier molecular flexibility index (Phi) is 3.75. The summed E-state index contributed by atoms with van der Waals surface area (Å²) in [7, 11) is 0. The zero-order valence-electron chi connectivity index (χ0n) is 12.3. The van der Waals surface area contributed by atoms with Crippen molar-refractivity contribution in [2.24, 2.45) is 0 Å². The highest BCUT2D eigenvalue weighted by atomic mass is 19.4. The first-order chi connectivity index (χ1) is 11.2. The Morgan fingerprint density at radius 2 is 1.92 bits per heavy atom. The van der Waals surface area contributed by atoms with Gasteiger partial charge in [0.1, 0.15) is 5.82 Å². The van der Waals surface area contributed by atoms with Gasteiger partial charge in [-0.1, -0.05) is 6.07 Å². The van der Waals surface area contributed by atoms with Crippen LogP contribution in [0.25, 0.3) is 11.0 Å². The predicted octanol–water partition coefficient (Wildman–Crippen LogP) is 4.28. The number of fused-ring (bicyclic) bond motifs is 1. The van der Waals surface area contributed by atoms with Crippen molar-refractivity contribution in [2.75, 3.05) is 5.32 Å². The van der Waals surface area contributed by atoms with Crippen molar-refractivity contribution in [3.63, 3.8) is 0 Å². The zero-order valence-corrected chi connectivity index (χ0v) is 12.3. The fourth-order valence-electron chi connectivity index (χ4n) is 2.21. The summed E-state index contributed by atoms with van der Waals surface area (Å²) in [6.07, 6.45) is -4.60. The number of halogens is 4. The van der Waals surface area contributed by atoms with Crippen LogP contribution in [0.2, 0.25) is 0 Å². The number of carbonyl (C=O) groups is 1. The lowest BCUT2D eigenvalue weighted by Crippen LogP contribution is -2.12. The number of aromatic amines is 1. The Morgan fingerprint density at radius 1 is 1.17 bits per heavy atom. The molecule has 1 amide bonds. The number of anilines is 1. The van der Waals surface area contributed by atoms with Crippen LogP contribution in [0, 0.1) is 12.7 Å². The summed E-state index contributed by atoms with van der Waals surface area (Å²) in [5.74, 6) is -2.19. The number of aromatic nitrogens is 2. The highest BCUT2D eigenvalue weighted by Gasteiger charge is 2.34. The summed E-state index contributed by atoms with van der Waals surface area (Å²) in [6, 6.07) is 7.88. The van der Waals surface area contributed by atoms with Crippen LogP contribution < -0.4 is 5.32 Å². The average molecular weight is 337 g/mol. The number of amides is 1. The van der Waals surface area contributed by atoms with Crippen molar-refractivity contribution in [2.45, 2.75) is 13.1 Å². The Balaban J connectivity index is 1.91. The van der Waals surface area contributed by atoms with E-state index in [-0.39, 0.29) is 16.6 Å². The number of imidazole rings is 1. The van der Waals surface area contributed by atoms with Crippen molar-refractivity contribution in [1.82, 2.24) is 9.97 Å². The Labute approximate surface area is 133 Å². The van der Waals surface area contributed by atoms with Gasteiger partial charge < -0.3 is 10.3 Å². The number of H-pyrrole nitrogens is 1. The number of nitrogens with zero attached hydrogens (tertiary/aromatic N) is 1. The highest BCUT2D eigenvalue weighted by molar-refractivity contribution is 6.06. The monoisotopic (exact) mass is 337 g/mol. The summed E-state index contributed by atoms with van der Waals surface area (Å²) in [4.78, 5) is 17.8. The number of alkyl halides is 3. The third-order valence-corrected chi connectivity index (χ3v) is 3.46. The number of carbonyl (C=O) groups excluding carboxylic acids is 1. The van der Waals surface area contributed by atoms with Gasteiger partial charge in [0.15, 0.2) is 0 Å². The van der Waals surface area contributed by atoms with Gasteiger partial charge in [-0.15, -0.1) is 0 Å². The number of hydrogen-bond acceptors (Lipinski definition) is 2. The van der Waals surface area contributed by atoms with Crippen LogP contribution in [0.15, 0.2) is 36.4 Å². The van der Waals surface area contributed by atoms with E-state index in [0.29, 0.717) is 11.3 Å². The van der Waals surface area contributed by atoms with E-state index in [1.54, 1.807) is 6.92 Å². The van der Waals surface area contributed by atoms with Crippen LogP contribution >= 0.6 is 0 Å². The van der Waals surface area contributed by atoms with E-state index >= 15 is 0 Å². The largest absolute Gasteiger partial charge is 0.449 e. The van der Waals surface area contributed by atoms with Crippen molar-refractivity contribution in [1.29, 1.82) is 0 Å². The second-order valence-corrected chi connectivity index (χ2v) is 5.23. The van der Waals surface area contributed by atoms with Crippen LogP contribution in [-0.4, -0.2) is 15.9 Å². The van der Waals surface area contributed by atoms with Gasteiger partial charge in [-0.2, -0.15) is 13.2 Å². The molecule has 0 aliphatic heterocycles. The lowest BCUT2D eigenvalue weighted by Gasteiger charge is -2.08. The van der Waals surface area contributed by atoms with Gasteiger partial charge >= 0.3 is 6.18 Å². The molecule has 2 aromatic carbocycles. The number of nitrogens with one attached hydrogen (secondary N) is 2. The highest BCUT2D eigenvalue weighted by Crippen LogP contribution is 2.28. The van der Waals surface area contributed by atoms with Crippen LogP contribution in [0.4, 0.5) is 23.2 Å². The molecule has 3 rings (SSSR count). The minimum Gasteiger partial charge on any atom is -0.334 e. The molecule has 0 atom stereocenters. The van der Waals surface area contributed by atoms with E-state index in [4.69, 9.17) is 0 Å². The molecule has 0 unspecified atom stereocenters. The van der Waals surface area contributed by atoms with Gasteiger partial charge in [-0.05, 0) is 42.8 Å². The lowest BCUT2D eigenvalue weighted by molar-refractivity contribution is -0.144. The number of benzene rings is 2. The second-order valence-electron chi connectivity index (χ2n) is 5.23. The molecule has 24 heavy (non-hydrogen) atoms. The van der Waals surface area contributed by atoms with Crippen molar-refractivity contribution < 1.29 is 22.4 Å². The minimum absolute atomic E-state index is 0.0888. The molecule has 0 aliphatic rings. The molecule has 124 valence electrons. The Morgan fingerprint density at radius 3 is 2.62 bits per heavy atom. The minimum atomic E-state index is -4.60. The average Bonchev–Trinajstić information content (AvgIpc) is 2.94. The van der Waals surface area contributed by atoms with Crippen LogP contribution in [0.5, 0.6) is 0 Å². The molecule has 8 heteroatoms. The van der Waals surface area contributed by atoms with E-state index in [9.17, 15) is 22.4 Å². The normalized spacial score (nSPS) is 11.7. The third kappa shape index (κ3) is 3.08.